The summed E-state index contributed by atoms with van der Waals surface area (Å²) < 4.78 is 74.3. The third kappa shape index (κ3) is 13.5. The van der Waals surface area contributed by atoms with Crippen LogP contribution in [0.25, 0.3) is 0 Å². The molecule has 0 unspecified atom stereocenters. The summed E-state index contributed by atoms with van der Waals surface area (Å²) in [7, 11) is -5.73. The van der Waals surface area contributed by atoms with Gasteiger partial charge in [0.25, 0.3) is 0 Å². The van der Waals surface area contributed by atoms with E-state index in [1.165, 1.54) is 6.42 Å². The van der Waals surface area contributed by atoms with Gasteiger partial charge in [-0.15, -0.1) is 0 Å². The predicted molar refractivity (Wildman–Crippen MR) is 85.2 cm³/mol. The largest absolute Gasteiger partial charge is 0.726 e. The first kappa shape index (κ1) is 24.2. The second-order valence-corrected chi connectivity index (χ2v) is 6.89. The van der Waals surface area contributed by atoms with Crippen LogP contribution >= 0.6 is 0 Å². The Hall–Kier alpha value is -1.84. The zero-order chi connectivity index (χ0) is 20.5. The van der Waals surface area contributed by atoms with Gasteiger partial charge in [0, 0.05) is 6.42 Å². The molecule has 0 aliphatic carbocycles. The van der Waals surface area contributed by atoms with Crippen LogP contribution in [0.1, 0.15) is 25.9 Å². The third-order valence-corrected chi connectivity index (χ3v) is 2.81. The number of aromatic nitrogens is 4. The zero-order valence-electron chi connectivity index (χ0n) is 14.4. The van der Waals surface area contributed by atoms with Crippen LogP contribution < -0.4 is 9.13 Å². The summed E-state index contributed by atoms with van der Waals surface area (Å²) >= 11 is 0. The Labute approximate surface area is 152 Å². The van der Waals surface area contributed by atoms with Crippen LogP contribution in [0.3, 0.4) is 0 Å². The molecule has 12 nitrogen and oxygen atoms in total. The molecule has 14 heteroatoms. The Kier molecular flexibility index (Phi) is 9.61. The van der Waals surface area contributed by atoms with Gasteiger partial charge in [0.15, 0.2) is 0 Å². The van der Waals surface area contributed by atoms with Crippen molar-refractivity contribution < 1.29 is 44.2 Å². The maximum atomic E-state index is 8.63. The van der Waals surface area contributed by atoms with Gasteiger partial charge < -0.3 is 9.11 Å². The van der Waals surface area contributed by atoms with Crippen LogP contribution in [-0.4, -0.2) is 44.2 Å². The van der Waals surface area contributed by atoms with Gasteiger partial charge in [0.2, 0.25) is 39.6 Å². The molecule has 0 aliphatic rings. The Bertz CT molecular complexity index is 786. The van der Waals surface area contributed by atoms with E-state index in [1.54, 1.807) is 0 Å². The van der Waals surface area contributed by atoms with Crippen LogP contribution in [0.15, 0.2) is 37.4 Å². The molecule has 2 aromatic rings. The van der Waals surface area contributed by atoms with Crippen molar-refractivity contribution in [3.63, 3.8) is 0 Å². The first-order valence-electron chi connectivity index (χ1n) is 7.12. The minimum atomic E-state index is -4.92. The first-order chi connectivity index (χ1) is 11.7. The number of nitrogens with zero attached hydrogens (tertiary/aromatic N) is 4. The fourth-order valence-corrected chi connectivity index (χ4v) is 2.00. The van der Waals surface area contributed by atoms with Crippen LogP contribution in [0.5, 0.6) is 0 Å². The quantitative estimate of drug-likeness (QED) is 0.356. The second-order valence-electron chi connectivity index (χ2n) is 5.18. The van der Waals surface area contributed by atoms with Crippen LogP contribution in [-0.2, 0) is 34.9 Å². The van der Waals surface area contributed by atoms with Crippen molar-refractivity contribution in [1.82, 2.24) is 9.13 Å². The number of aryl methyl sites for hydroxylation is 2. The SMILES string of the molecule is CCCC(n1cc[n+](C)c1)n1cc[n+](C)c1.O=S(=O)([O-])O.O=S(=O)([O-])O. The van der Waals surface area contributed by atoms with Gasteiger partial charge in [0.05, 0.1) is 14.1 Å². The predicted octanol–water partition coefficient (Wildman–Crippen LogP) is -1.21. The van der Waals surface area contributed by atoms with Crippen molar-refractivity contribution >= 4 is 20.8 Å². The summed E-state index contributed by atoms with van der Waals surface area (Å²) in [6.45, 7) is 2.22. The second kappa shape index (κ2) is 10.3. The summed E-state index contributed by atoms with van der Waals surface area (Å²) in [5.74, 6) is 0. The van der Waals surface area contributed by atoms with Gasteiger partial charge in [-0.05, 0) is 6.42 Å². The Morgan fingerprint density at radius 3 is 1.42 bits per heavy atom. The van der Waals surface area contributed by atoms with E-state index in [2.05, 4.69) is 76.7 Å². The molecule has 0 saturated heterocycles. The standard InChI is InChI=1S/C12H20N4.2H2O4S/c1-4-5-12(15-8-6-13(2)10-15)16-9-7-14(3)11-16;2*1-5(2,3)4/h6-12H,4-5H2,1-3H3;2*(H2,1,2,3,4)/q+2;;/p-2. The lowest BCUT2D eigenvalue weighted by atomic mass is 10.2. The summed E-state index contributed by atoms with van der Waals surface area (Å²) in [4.78, 5) is 0. The van der Waals surface area contributed by atoms with E-state index < -0.39 is 20.8 Å². The molecule has 2 heterocycles. The topological polar surface area (TPSA) is 172 Å². The minimum absolute atomic E-state index is 0.382. The highest BCUT2D eigenvalue weighted by molar-refractivity contribution is 7.80. The first-order valence-corrected chi connectivity index (χ1v) is 9.85. The van der Waals surface area contributed by atoms with Crippen molar-refractivity contribution in [3.05, 3.63) is 37.4 Å². The molecule has 0 atom stereocenters. The third-order valence-electron chi connectivity index (χ3n) is 2.81. The molecule has 0 saturated carbocycles. The highest BCUT2D eigenvalue weighted by Crippen LogP contribution is 2.14. The molecule has 2 N–H and O–H groups in total. The van der Waals surface area contributed by atoms with E-state index in [9.17, 15) is 0 Å². The van der Waals surface area contributed by atoms with Crippen LogP contribution in [0, 0.1) is 0 Å². The average molecular weight is 414 g/mol. The zero-order valence-corrected chi connectivity index (χ0v) is 16.0. The van der Waals surface area contributed by atoms with Gasteiger partial charge in [-0.3, -0.25) is 9.11 Å². The minimum Gasteiger partial charge on any atom is -0.726 e. The summed E-state index contributed by atoms with van der Waals surface area (Å²) in [5.41, 5.74) is 0. The maximum Gasteiger partial charge on any atom is 0.246 e. The lowest BCUT2D eigenvalue weighted by Crippen LogP contribution is -2.27. The van der Waals surface area contributed by atoms with Gasteiger partial charge >= 0.3 is 0 Å². The van der Waals surface area contributed by atoms with Crippen LogP contribution in [0.2, 0.25) is 0 Å². The van der Waals surface area contributed by atoms with E-state index in [0.717, 1.165) is 6.42 Å². The van der Waals surface area contributed by atoms with E-state index in [4.69, 9.17) is 35.0 Å². The Balaban J connectivity index is 0.000000520. The number of imidazole rings is 2. The van der Waals surface area contributed by atoms with Gasteiger partial charge in [-0.2, -0.15) is 9.13 Å². The van der Waals surface area contributed by atoms with Gasteiger partial charge in [0.1, 0.15) is 24.8 Å². The number of hydrogen-bond acceptors (Lipinski definition) is 6. The number of hydrogen-bond donors (Lipinski definition) is 2. The fourth-order valence-electron chi connectivity index (χ4n) is 2.00. The monoisotopic (exact) mass is 414 g/mol. The molecule has 0 aliphatic heterocycles. The molecule has 26 heavy (non-hydrogen) atoms. The highest BCUT2D eigenvalue weighted by Gasteiger charge is 2.21. The number of rotatable bonds is 4. The van der Waals surface area contributed by atoms with Crippen LogP contribution in [0.4, 0.5) is 0 Å². The molecule has 0 aromatic carbocycles. The lowest BCUT2D eigenvalue weighted by Gasteiger charge is -2.08. The van der Waals surface area contributed by atoms with Crippen molar-refractivity contribution in [2.24, 2.45) is 14.1 Å². The Morgan fingerprint density at radius 1 is 0.923 bits per heavy atom. The lowest BCUT2D eigenvalue weighted by molar-refractivity contribution is -0.672. The molecule has 0 amide bonds. The maximum absolute atomic E-state index is 8.63. The average Bonchev–Trinajstić information content (AvgIpc) is 3.01. The summed E-state index contributed by atoms with van der Waals surface area (Å²) in [5, 5.41) is 0. The van der Waals surface area contributed by atoms with E-state index in [0.29, 0.717) is 6.17 Å². The molecule has 0 fully saturated rings. The highest BCUT2D eigenvalue weighted by atomic mass is 32.3. The Morgan fingerprint density at radius 2 is 1.23 bits per heavy atom. The molecular weight excluding hydrogens is 392 g/mol. The van der Waals surface area contributed by atoms with E-state index >= 15 is 0 Å². The van der Waals surface area contributed by atoms with Crippen molar-refractivity contribution in [2.45, 2.75) is 25.9 Å². The molecular formula is C12H22N4O8S2. The normalized spacial score (nSPS) is 11.4. The molecule has 150 valence electrons. The summed E-state index contributed by atoms with van der Waals surface area (Å²) in [6, 6.07) is 0. The molecule has 0 spiro atoms. The van der Waals surface area contributed by atoms with Crippen molar-refractivity contribution in [3.8, 4) is 0 Å². The van der Waals surface area contributed by atoms with Gasteiger partial charge in [-0.1, -0.05) is 6.92 Å². The smallest absolute Gasteiger partial charge is 0.246 e. The van der Waals surface area contributed by atoms with Gasteiger partial charge in [-0.25, -0.2) is 26.0 Å². The molecule has 0 radical (unpaired) electrons. The van der Waals surface area contributed by atoms with Crippen molar-refractivity contribution in [1.29, 1.82) is 0 Å². The van der Waals surface area contributed by atoms with Crippen molar-refractivity contribution in [2.75, 3.05) is 0 Å². The molecule has 2 aromatic heterocycles. The van der Waals surface area contributed by atoms with E-state index in [1.807, 2.05) is 0 Å². The molecule has 2 rings (SSSR count). The van der Waals surface area contributed by atoms with E-state index in [-0.39, 0.29) is 0 Å². The summed E-state index contributed by atoms with van der Waals surface area (Å²) in [6.07, 6.45) is 15.4. The molecule has 0 bridgehead atoms. The fraction of sp³-hybridized carbons (Fsp3) is 0.500.